The summed E-state index contributed by atoms with van der Waals surface area (Å²) in [5, 5.41) is 0.467. The third-order valence-electron chi connectivity index (χ3n) is 5.80. The van der Waals surface area contributed by atoms with Crippen LogP contribution in [0.25, 0.3) is 0 Å². The molecule has 4 rings (SSSR count). The van der Waals surface area contributed by atoms with Crippen molar-refractivity contribution in [2.75, 3.05) is 5.75 Å². The zero-order chi connectivity index (χ0) is 25.0. The van der Waals surface area contributed by atoms with Crippen LogP contribution in [0.15, 0.2) is 118 Å². The van der Waals surface area contributed by atoms with Gasteiger partial charge in [-0.25, -0.2) is 17.0 Å². The van der Waals surface area contributed by atoms with Gasteiger partial charge in [0.25, 0.3) is 0 Å². The summed E-state index contributed by atoms with van der Waals surface area (Å²) >= 11 is 6.04. The van der Waals surface area contributed by atoms with E-state index in [1.807, 2.05) is 19.1 Å². The van der Waals surface area contributed by atoms with Crippen molar-refractivity contribution in [2.24, 2.45) is 0 Å². The fourth-order valence-electron chi connectivity index (χ4n) is 3.90. The minimum atomic E-state index is -3.81. The second kappa shape index (κ2) is 10.9. The molecule has 3 atom stereocenters. The molecular formula is C28H24ClFO3S2. The molecule has 0 aliphatic heterocycles. The summed E-state index contributed by atoms with van der Waals surface area (Å²) in [7, 11) is -5.44. The van der Waals surface area contributed by atoms with E-state index in [0.717, 1.165) is 5.56 Å². The zero-order valence-corrected chi connectivity index (χ0v) is 21.4. The molecule has 4 aromatic carbocycles. The lowest BCUT2D eigenvalue weighted by Crippen LogP contribution is -2.20. The van der Waals surface area contributed by atoms with Crippen LogP contribution in [0.4, 0.5) is 4.39 Å². The molecule has 0 spiro atoms. The third-order valence-corrected chi connectivity index (χ3v) is 9.32. The molecule has 180 valence electrons. The number of halogens is 2. The lowest BCUT2D eigenvalue weighted by atomic mass is 9.91. The fourth-order valence-corrected chi connectivity index (χ4v) is 6.86. The van der Waals surface area contributed by atoms with Crippen molar-refractivity contribution in [1.29, 1.82) is 0 Å². The number of benzene rings is 4. The Bertz CT molecular complexity index is 1420. The molecule has 0 aliphatic carbocycles. The number of sulfone groups is 1. The smallest absolute Gasteiger partial charge is 0.179 e. The summed E-state index contributed by atoms with van der Waals surface area (Å²) in [6.07, 6.45) is -1.72. The van der Waals surface area contributed by atoms with Crippen LogP contribution in [0.1, 0.15) is 28.8 Å². The van der Waals surface area contributed by atoms with Crippen molar-refractivity contribution < 1.29 is 17.0 Å². The van der Waals surface area contributed by atoms with Gasteiger partial charge in [-0.1, -0.05) is 77.8 Å². The molecule has 0 radical (unpaired) electrons. The first-order valence-electron chi connectivity index (χ1n) is 11.0. The Labute approximate surface area is 213 Å². The first-order valence-corrected chi connectivity index (χ1v) is 14.2. The average Bonchev–Trinajstić information content (AvgIpc) is 2.88. The second-order valence-corrected chi connectivity index (χ2v) is 12.2. The van der Waals surface area contributed by atoms with Crippen LogP contribution in [0.3, 0.4) is 0 Å². The highest BCUT2D eigenvalue weighted by atomic mass is 35.5. The molecule has 0 unspecified atom stereocenters. The topological polar surface area (TPSA) is 51.2 Å². The van der Waals surface area contributed by atoms with E-state index in [0.29, 0.717) is 20.4 Å². The first kappa shape index (κ1) is 25.3. The molecule has 35 heavy (non-hydrogen) atoms. The van der Waals surface area contributed by atoms with E-state index in [9.17, 15) is 12.6 Å². The summed E-state index contributed by atoms with van der Waals surface area (Å²) in [4.78, 5) is 0.998. The molecule has 0 saturated heterocycles. The fraction of sp³-hybridized carbons (Fsp3) is 0.143. The molecule has 0 amide bonds. The number of aryl methyl sites for hydroxylation is 1. The summed E-state index contributed by atoms with van der Waals surface area (Å²) in [6.45, 7) is 1.93. The normalized spacial score (nSPS) is 14.3. The van der Waals surface area contributed by atoms with Gasteiger partial charge < -0.3 is 0 Å². The van der Waals surface area contributed by atoms with Gasteiger partial charge in [0, 0.05) is 26.3 Å². The van der Waals surface area contributed by atoms with Crippen LogP contribution >= 0.6 is 11.6 Å². The Kier molecular flexibility index (Phi) is 7.85. The van der Waals surface area contributed by atoms with Crippen LogP contribution in [0.5, 0.6) is 0 Å². The second-order valence-electron chi connectivity index (χ2n) is 8.27. The molecule has 0 aromatic heterocycles. The summed E-state index contributed by atoms with van der Waals surface area (Å²) in [5.74, 6) is -1.49. The van der Waals surface area contributed by atoms with E-state index in [1.54, 1.807) is 78.9 Å². The summed E-state index contributed by atoms with van der Waals surface area (Å²) < 4.78 is 56.3. The van der Waals surface area contributed by atoms with Crippen LogP contribution in [-0.4, -0.2) is 18.4 Å². The first-order chi connectivity index (χ1) is 16.8. The quantitative estimate of drug-likeness (QED) is 0.246. The highest BCUT2D eigenvalue weighted by Gasteiger charge is 2.33. The molecule has 4 aromatic rings. The van der Waals surface area contributed by atoms with Gasteiger partial charge >= 0.3 is 0 Å². The Morgan fingerprint density at radius 1 is 0.829 bits per heavy atom. The highest BCUT2D eigenvalue weighted by molar-refractivity contribution is 7.91. The van der Waals surface area contributed by atoms with Gasteiger partial charge in [0.2, 0.25) is 0 Å². The van der Waals surface area contributed by atoms with Crippen molar-refractivity contribution in [2.45, 2.75) is 33.7 Å². The largest absolute Gasteiger partial charge is 0.249 e. The van der Waals surface area contributed by atoms with Gasteiger partial charge in [-0.15, -0.1) is 0 Å². The van der Waals surface area contributed by atoms with Crippen LogP contribution in [0.2, 0.25) is 5.02 Å². The lowest BCUT2D eigenvalue weighted by Gasteiger charge is -2.24. The van der Waals surface area contributed by atoms with Gasteiger partial charge in [-0.3, -0.25) is 0 Å². The maximum atomic E-state index is 16.4. The summed E-state index contributed by atoms with van der Waals surface area (Å²) in [5.41, 5.74) is 1.73. The Balaban J connectivity index is 1.77. The monoisotopic (exact) mass is 526 g/mol. The van der Waals surface area contributed by atoms with Crippen LogP contribution in [0, 0.1) is 6.92 Å². The molecular weight excluding hydrogens is 503 g/mol. The lowest BCUT2D eigenvalue weighted by molar-refractivity contribution is 0.295. The van der Waals surface area contributed by atoms with E-state index < -0.39 is 38.5 Å². The van der Waals surface area contributed by atoms with Crippen LogP contribution < -0.4 is 0 Å². The van der Waals surface area contributed by atoms with Gasteiger partial charge in [-0.2, -0.15) is 0 Å². The predicted molar refractivity (Wildman–Crippen MR) is 139 cm³/mol. The van der Waals surface area contributed by atoms with E-state index in [2.05, 4.69) is 0 Å². The minimum absolute atomic E-state index is 0.127. The molecule has 0 aliphatic rings. The summed E-state index contributed by atoms with van der Waals surface area (Å²) in [6, 6.07) is 28.3. The van der Waals surface area contributed by atoms with E-state index in [-0.39, 0.29) is 10.5 Å². The molecule has 0 bridgehead atoms. The number of hydrogen-bond acceptors (Lipinski definition) is 3. The molecule has 3 nitrogen and oxygen atoms in total. The molecule has 7 heteroatoms. The molecule has 0 fully saturated rings. The Morgan fingerprint density at radius 3 is 2.09 bits per heavy atom. The average molecular weight is 527 g/mol. The van der Waals surface area contributed by atoms with E-state index in [1.165, 1.54) is 12.1 Å². The zero-order valence-electron chi connectivity index (χ0n) is 19.0. The number of rotatable bonds is 8. The van der Waals surface area contributed by atoms with Crippen LogP contribution in [-0.2, 0) is 20.6 Å². The highest BCUT2D eigenvalue weighted by Crippen LogP contribution is 2.40. The predicted octanol–water partition coefficient (Wildman–Crippen LogP) is 7.08. The maximum Gasteiger partial charge on any atom is 0.179 e. The maximum absolute atomic E-state index is 16.4. The van der Waals surface area contributed by atoms with Crippen molar-refractivity contribution >= 4 is 32.2 Å². The minimum Gasteiger partial charge on any atom is -0.249 e. The standard InChI is InChI=1S/C28H24ClFO3S2/c1-20-11-17-23(18-12-20)34(31)27-10-6-5-9-25(27)28(30)26(21-13-15-22(29)16-14-21)19-35(32,33)24-7-3-2-4-8-24/h2-18,26,28H,19H2,1H3/t26-,28+,34+/m1/s1. The van der Waals surface area contributed by atoms with Gasteiger partial charge in [0.05, 0.1) is 21.4 Å². The van der Waals surface area contributed by atoms with Crippen molar-refractivity contribution in [3.63, 3.8) is 0 Å². The van der Waals surface area contributed by atoms with Crippen molar-refractivity contribution in [1.82, 2.24) is 0 Å². The van der Waals surface area contributed by atoms with Crippen molar-refractivity contribution in [3.8, 4) is 0 Å². The Hall–Kier alpha value is -2.80. The molecule has 0 N–H and O–H groups in total. The Morgan fingerprint density at radius 2 is 1.43 bits per heavy atom. The molecule has 0 saturated carbocycles. The molecule has 0 heterocycles. The van der Waals surface area contributed by atoms with E-state index >= 15 is 4.39 Å². The van der Waals surface area contributed by atoms with Gasteiger partial charge in [0.1, 0.15) is 6.17 Å². The number of hydrogen-bond donors (Lipinski definition) is 0. The van der Waals surface area contributed by atoms with Gasteiger partial charge in [0.15, 0.2) is 9.84 Å². The van der Waals surface area contributed by atoms with E-state index in [4.69, 9.17) is 11.6 Å². The third kappa shape index (κ3) is 5.89. The number of alkyl halides is 1. The SMILES string of the molecule is Cc1ccc([S@](=O)c2ccccc2[C@H](F)[C@H](CS(=O)(=O)c2ccccc2)c2ccc(Cl)cc2)cc1. The van der Waals surface area contributed by atoms with Crippen molar-refractivity contribution in [3.05, 3.63) is 125 Å². The van der Waals surface area contributed by atoms with Gasteiger partial charge in [-0.05, 0) is 55.0 Å².